The van der Waals surface area contributed by atoms with E-state index >= 15 is 0 Å². The van der Waals surface area contributed by atoms with Crippen molar-refractivity contribution in [2.24, 2.45) is 0 Å². The van der Waals surface area contributed by atoms with Crippen LogP contribution in [0.2, 0.25) is 0 Å². The second kappa shape index (κ2) is 7.26. The van der Waals surface area contributed by atoms with Crippen LogP contribution in [0.5, 0.6) is 5.75 Å². The Morgan fingerprint density at radius 1 is 1.13 bits per heavy atom. The second-order valence-corrected chi connectivity index (χ2v) is 8.05. The third-order valence-electron chi connectivity index (χ3n) is 4.67. The molecule has 2 amide bonds. The van der Waals surface area contributed by atoms with Gasteiger partial charge in [-0.1, -0.05) is 6.07 Å². The number of methoxy groups -OCH3 is 1. The number of hydrogen-bond acceptors (Lipinski definition) is 4. The number of benzene rings is 2. The maximum absolute atomic E-state index is 12.6. The maximum Gasteiger partial charge on any atom is 0.412 e. The van der Waals surface area contributed by atoms with Gasteiger partial charge in [0, 0.05) is 39.5 Å². The van der Waals surface area contributed by atoms with Crippen molar-refractivity contribution in [3.63, 3.8) is 0 Å². The number of hydrogen-bond donors (Lipinski definition) is 3. The molecule has 3 aromatic rings. The van der Waals surface area contributed by atoms with Crippen LogP contribution in [0.3, 0.4) is 0 Å². The van der Waals surface area contributed by atoms with Gasteiger partial charge in [0.15, 0.2) is 0 Å². The lowest BCUT2D eigenvalue weighted by Gasteiger charge is -2.19. The summed E-state index contributed by atoms with van der Waals surface area (Å²) in [5, 5.41) is 6.51. The molecule has 3 N–H and O–H groups in total. The van der Waals surface area contributed by atoms with Crippen molar-refractivity contribution in [3.05, 3.63) is 53.7 Å². The fourth-order valence-electron chi connectivity index (χ4n) is 3.36. The van der Waals surface area contributed by atoms with Crippen LogP contribution < -0.4 is 15.4 Å². The molecule has 2 heterocycles. The Labute approximate surface area is 174 Å². The highest BCUT2D eigenvalue weighted by Crippen LogP contribution is 2.36. The van der Waals surface area contributed by atoms with E-state index in [1.807, 2.05) is 30.5 Å². The number of carbonyl (C=O) groups excluding carboxylic acids is 2. The predicted molar refractivity (Wildman–Crippen MR) is 118 cm³/mol. The molecule has 0 spiro atoms. The van der Waals surface area contributed by atoms with Gasteiger partial charge in [0.1, 0.15) is 11.4 Å². The van der Waals surface area contributed by atoms with Crippen molar-refractivity contribution in [2.75, 3.05) is 17.7 Å². The first kappa shape index (κ1) is 19.6. The Morgan fingerprint density at radius 2 is 1.93 bits per heavy atom. The Bertz CT molecular complexity index is 1180. The fourth-order valence-corrected chi connectivity index (χ4v) is 3.36. The van der Waals surface area contributed by atoms with Crippen molar-refractivity contribution in [1.82, 2.24) is 4.98 Å². The number of anilines is 2. The largest absolute Gasteiger partial charge is 0.497 e. The monoisotopic (exact) mass is 405 g/mol. The molecule has 0 fully saturated rings. The Morgan fingerprint density at radius 3 is 2.67 bits per heavy atom. The van der Waals surface area contributed by atoms with Crippen molar-refractivity contribution in [1.29, 1.82) is 0 Å². The summed E-state index contributed by atoms with van der Waals surface area (Å²) in [5.41, 5.74) is 3.76. The van der Waals surface area contributed by atoms with Crippen LogP contribution in [0.1, 0.15) is 31.9 Å². The van der Waals surface area contributed by atoms with Gasteiger partial charge in [-0.3, -0.25) is 10.1 Å². The van der Waals surface area contributed by atoms with Gasteiger partial charge in [-0.05, 0) is 57.2 Å². The molecule has 7 nitrogen and oxygen atoms in total. The summed E-state index contributed by atoms with van der Waals surface area (Å²) < 4.78 is 10.6. The lowest BCUT2D eigenvalue weighted by atomic mass is 10.0. The minimum Gasteiger partial charge on any atom is -0.497 e. The molecule has 0 bridgehead atoms. The molecular formula is C23H23N3O4. The number of fused-ring (bicyclic) bond motifs is 2. The molecule has 154 valence electrons. The normalized spacial score (nSPS) is 14.5. The average molecular weight is 405 g/mol. The summed E-state index contributed by atoms with van der Waals surface area (Å²) in [4.78, 5) is 27.8. The smallest absolute Gasteiger partial charge is 0.412 e. The summed E-state index contributed by atoms with van der Waals surface area (Å²) in [6.07, 6.45) is 3.16. The quantitative estimate of drug-likeness (QED) is 0.534. The van der Waals surface area contributed by atoms with Crippen LogP contribution >= 0.6 is 0 Å². The van der Waals surface area contributed by atoms with Crippen LogP contribution in [0.15, 0.2) is 42.6 Å². The van der Waals surface area contributed by atoms with E-state index in [0.29, 0.717) is 16.9 Å². The van der Waals surface area contributed by atoms with E-state index in [1.54, 1.807) is 46.1 Å². The van der Waals surface area contributed by atoms with Gasteiger partial charge in [0.05, 0.1) is 12.8 Å². The van der Waals surface area contributed by atoms with Gasteiger partial charge < -0.3 is 19.8 Å². The van der Waals surface area contributed by atoms with E-state index in [2.05, 4.69) is 15.6 Å². The summed E-state index contributed by atoms with van der Waals surface area (Å²) in [5.74, 6) is 0.549. The number of rotatable bonds is 3. The summed E-state index contributed by atoms with van der Waals surface area (Å²) in [6, 6.07) is 11.0. The molecule has 0 unspecified atom stereocenters. The fraction of sp³-hybridized carbons (Fsp3) is 0.217. The minimum atomic E-state index is -0.590. The molecule has 4 rings (SSSR count). The maximum atomic E-state index is 12.6. The van der Waals surface area contributed by atoms with Gasteiger partial charge in [-0.15, -0.1) is 0 Å². The standard InChI is InChI=1S/C23H23N3O4/c1-23(2,3)30-22(28)25-14-5-7-16-18(21(27)26-20(16)10-14)9-13-12-24-19-8-6-15(29-4)11-17(13)19/h5-12,24H,1-4H3,(H,25,28)(H,26,27). The van der Waals surface area contributed by atoms with E-state index in [-0.39, 0.29) is 5.91 Å². The van der Waals surface area contributed by atoms with E-state index in [4.69, 9.17) is 9.47 Å². The summed E-state index contributed by atoms with van der Waals surface area (Å²) >= 11 is 0. The third kappa shape index (κ3) is 3.87. The molecule has 0 atom stereocenters. The van der Waals surface area contributed by atoms with Gasteiger partial charge in [0.25, 0.3) is 5.91 Å². The van der Waals surface area contributed by atoms with Crippen molar-refractivity contribution >= 4 is 45.9 Å². The van der Waals surface area contributed by atoms with Gasteiger partial charge in [-0.25, -0.2) is 4.79 Å². The zero-order valence-corrected chi connectivity index (χ0v) is 17.3. The minimum absolute atomic E-state index is 0.198. The summed E-state index contributed by atoms with van der Waals surface area (Å²) in [6.45, 7) is 5.40. The van der Waals surface area contributed by atoms with Crippen LogP contribution in [-0.4, -0.2) is 29.7 Å². The Kier molecular flexibility index (Phi) is 4.73. The number of carbonyl (C=O) groups is 2. The SMILES string of the molecule is COc1ccc2[nH]cc(C=C3C(=O)Nc4cc(NC(=O)OC(C)(C)C)ccc43)c2c1. The molecule has 0 saturated carbocycles. The molecule has 0 radical (unpaired) electrons. The first-order chi connectivity index (χ1) is 14.2. The van der Waals surface area contributed by atoms with Crippen LogP contribution in [0.25, 0.3) is 22.6 Å². The molecule has 2 aromatic carbocycles. The topological polar surface area (TPSA) is 92.5 Å². The lowest BCUT2D eigenvalue weighted by molar-refractivity contribution is -0.110. The molecule has 30 heavy (non-hydrogen) atoms. The second-order valence-electron chi connectivity index (χ2n) is 8.05. The molecule has 1 aliphatic rings. The van der Waals surface area contributed by atoms with E-state index < -0.39 is 11.7 Å². The molecule has 1 aromatic heterocycles. The van der Waals surface area contributed by atoms with Crippen molar-refractivity contribution in [2.45, 2.75) is 26.4 Å². The third-order valence-corrected chi connectivity index (χ3v) is 4.67. The number of nitrogens with one attached hydrogen (secondary N) is 3. The van der Waals surface area contributed by atoms with Gasteiger partial charge in [0.2, 0.25) is 0 Å². The molecule has 1 aliphatic heterocycles. The first-order valence-electron chi connectivity index (χ1n) is 9.56. The highest BCUT2D eigenvalue weighted by molar-refractivity contribution is 6.35. The molecular weight excluding hydrogens is 382 g/mol. The Hall–Kier alpha value is -3.74. The molecule has 7 heteroatoms. The molecule has 0 saturated heterocycles. The Balaban J connectivity index is 1.64. The van der Waals surface area contributed by atoms with E-state index in [1.165, 1.54) is 0 Å². The van der Waals surface area contributed by atoms with Crippen LogP contribution in [0, 0.1) is 0 Å². The summed E-state index contributed by atoms with van der Waals surface area (Å²) in [7, 11) is 1.62. The van der Waals surface area contributed by atoms with Gasteiger partial charge >= 0.3 is 6.09 Å². The van der Waals surface area contributed by atoms with Crippen LogP contribution in [0.4, 0.5) is 16.2 Å². The van der Waals surface area contributed by atoms with Crippen LogP contribution in [-0.2, 0) is 9.53 Å². The lowest BCUT2D eigenvalue weighted by Crippen LogP contribution is -2.27. The van der Waals surface area contributed by atoms with Crippen molar-refractivity contribution < 1.29 is 19.1 Å². The van der Waals surface area contributed by atoms with E-state index in [9.17, 15) is 9.59 Å². The number of H-pyrrole nitrogens is 1. The number of amides is 2. The molecule has 0 aliphatic carbocycles. The van der Waals surface area contributed by atoms with Crippen molar-refractivity contribution in [3.8, 4) is 5.75 Å². The van der Waals surface area contributed by atoms with Gasteiger partial charge in [-0.2, -0.15) is 0 Å². The number of ether oxygens (including phenoxy) is 2. The zero-order valence-electron chi connectivity index (χ0n) is 17.3. The highest BCUT2D eigenvalue weighted by atomic mass is 16.6. The number of aromatic nitrogens is 1. The number of aromatic amines is 1. The van der Waals surface area contributed by atoms with E-state index in [0.717, 1.165) is 27.8 Å². The zero-order chi connectivity index (χ0) is 21.5. The first-order valence-corrected chi connectivity index (χ1v) is 9.56. The average Bonchev–Trinajstić information content (AvgIpc) is 3.20. The highest BCUT2D eigenvalue weighted by Gasteiger charge is 2.25. The predicted octanol–water partition coefficient (Wildman–Crippen LogP) is 5.02.